The Kier molecular flexibility index (Phi) is 5.32. The van der Waals surface area contributed by atoms with E-state index in [0.717, 1.165) is 5.56 Å². The summed E-state index contributed by atoms with van der Waals surface area (Å²) in [5.74, 6) is 0.200. The summed E-state index contributed by atoms with van der Waals surface area (Å²) in [7, 11) is 0. The molecule has 0 saturated heterocycles. The van der Waals surface area contributed by atoms with Crippen molar-refractivity contribution in [2.75, 3.05) is 18.0 Å². The molecule has 1 aliphatic carbocycles. The Hall–Kier alpha value is -1.01. The highest BCUT2D eigenvalue weighted by Crippen LogP contribution is 2.28. The minimum atomic E-state index is -4.27. The monoisotopic (exact) mass is 321 g/mol. The van der Waals surface area contributed by atoms with Crippen LogP contribution in [0.1, 0.15) is 31.7 Å². The van der Waals surface area contributed by atoms with E-state index >= 15 is 0 Å². The standard InChI is InChI=1S/C14H19ClF3N3/c1-2-5-21(9-14(16,17)18)13-12(15)6-10(8-20-13)7-19-11-3-4-11/h6,8,11,19H,2-5,7,9H2,1H3. The van der Waals surface area contributed by atoms with Crippen molar-refractivity contribution < 1.29 is 13.2 Å². The second-order valence-corrected chi connectivity index (χ2v) is 5.75. The van der Waals surface area contributed by atoms with Gasteiger partial charge in [0.15, 0.2) is 0 Å². The second-order valence-electron chi connectivity index (χ2n) is 5.34. The van der Waals surface area contributed by atoms with Crippen LogP contribution < -0.4 is 10.2 Å². The number of rotatable bonds is 7. The number of aromatic nitrogens is 1. The number of pyridine rings is 1. The van der Waals surface area contributed by atoms with Crippen LogP contribution in [-0.2, 0) is 6.54 Å². The predicted molar refractivity (Wildman–Crippen MR) is 77.7 cm³/mol. The molecule has 7 heteroatoms. The average molecular weight is 322 g/mol. The lowest BCUT2D eigenvalue weighted by Gasteiger charge is -2.25. The summed E-state index contributed by atoms with van der Waals surface area (Å²) < 4.78 is 37.9. The summed E-state index contributed by atoms with van der Waals surface area (Å²) in [6.45, 7) is 1.70. The molecule has 3 nitrogen and oxygen atoms in total. The highest BCUT2D eigenvalue weighted by atomic mass is 35.5. The van der Waals surface area contributed by atoms with Crippen molar-refractivity contribution >= 4 is 17.4 Å². The number of hydrogen-bond donors (Lipinski definition) is 1. The van der Waals surface area contributed by atoms with Gasteiger partial charge in [0.25, 0.3) is 0 Å². The molecule has 118 valence electrons. The normalized spacial score (nSPS) is 15.3. The zero-order chi connectivity index (χ0) is 15.5. The Morgan fingerprint density at radius 1 is 1.43 bits per heavy atom. The van der Waals surface area contributed by atoms with Gasteiger partial charge in [-0.1, -0.05) is 18.5 Å². The third kappa shape index (κ3) is 5.36. The summed E-state index contributed by atoms with van der Waals surface area (Å²) in [6, 6.07) is 2.25. The van der Waals surface area contributed by atoms with Gasteiger partial charge in [0.1, 0.15) is 12.4 Å². The predicted octanol–water partition coefficient (Wildman–Crippen LogP) is 3.77. The molecule has 0 atom stereocenters. The van der Waals surface area contributed by atoms with Crippen molar-refractivity contribution in [1.82, 2.24) is 10.3 Å². The van der Waals surface area contributed by atoms with Crippen molar-refractivity contribution in [1.29, 1.82) is 0 Å². The molecule has 1 N–H and O–H groups in total. The van der Waals surface area contributed by atoms with Crippen LogP contribution in [0.4, 0.5) is 19.0 Å². The molecule has 0 radical (unpaired) electrons. The maximum absolute atomic E-state index is 12.6. The fraction of sp³-hybridized carbons (Fsp3) is 0.643. The van der Waals surface area contributed by atoms with Gasteiger partial charge in [-0.05, 0) is 30.9 Å². The molecular weight excluding hydrogens is 303 g/mol. The maximum atomic E-state index is 12.6. The summed E-state index contributed by atoms with van der Waals surface area (Å²) in [5.41, 5.74) is 0.888. The van der Waals surface area contributed by atoms with Crippen LogP contribution in [0.3, 0.4) is 0 Å². The van der Waals surface area contributed by atoms with Crippen molar-refractivity contribution in [3.8, 4) is 0 Å². The van der Waals surface area contributed by atoms with Crippen molar-refractivity contribution in [3.63, 3.8) is 0 Å². The van der Waals surface area contributed by atoms with Gasteiger partial charge in [-0.15, -0.1) is 0 Å². The van der Waals surface area contributed by atoms with Gasteiger partial charge in [-0.3, -0.25) is 0 Å². The van der Waals surface area contributed by atoms with E-state index in [-0.39, 0.29) is 17.4 Å². The molecule has 0 aliphatic heterocycles. The first kappa shape index (κ1) is 16.4. The number of alkyl halides is 3. The van der Waals surface area contributed by atoms with E-state index in [1.165, 1.54) is 17.7 Å². The molecule has 1 heterocycles. The van der Waals surface area contributed by atoms with Gasteiger partial charge in [0.2, 0.25) is 0 Å². The molecule has 0 spiro atoms. The fourth-order valence-corrected chi connectivity index (χ4v) is 2.40. The Morgan fingerprint density at radius 2 is 2.14 bits per heavy atom. The number of hydrogen-bond acceptors (Lipinski definition) is 3. The highest BCUT2D eigenvalue weighted by molar-refractivity contribution is 6.33. The number of nitrogens with zero attached hydrogens (tertiary/aromatic N) is 2. The smallest absolute Gasteiger partial charge is 0.346 e. The van der Waals surface area contributed by atoms with E-state index in [1.807, 2.05) is 6.92 Å². The first-order valence-corrected chi connectivity index (χ1v) is 7.46. The Balaban J connectivity index is 2.08. The minimum absolute atomic E-state index is 0.200. The van der Waals surface area contributed by atoms with Crippen LogP contribution in [0.5, 0.6) is 0 Å². The van der Waals surface area contributed by atoms with Crippen molar-refractivity contribution in [3.05, 3.63) is 22.8 Å². The SMILES string of the molecule is CCCN(CC(F)(F)F)c1ncc(CNC2CC2)cc1Cl. The van der Waals surface area contributed by atoms with Crippen LogP contribution in [0.25, 0.3) is 0 Å². The third-order valence-corrected chi connectivity index (χ3v) is 3.49. The topological polar surface area (TPSA) is 28.2 Å². The zero-order valence-electron chi connectivity index (χ0n) is 11.9. The van der Waals surface area contributed by atoms with Crippen LogP contribution in [0.2, 0.25) is 5.02 Å². The van der Waals surface area contributed by atoms with Gasteiger partial charge in [-0.2, -0.15) is 13.2 Å². The number of anilines is 1. The molecule has 1 saturated carbocycles. The summed E-state index contributed by atoms with van der Waals surface area (Å²) >= 11 is 6.12. The van der Waals surface area contributed by atoms with Crippen LogP contribution in [-0.4, -0.2) is 30.3 Å². The molecule has 1 aliphatic rings. The molecule has 0 unspecified atom stereocenters. The molecule has 2 rings (SSSR count). The van der Waals surface area contributed by atoms with Crippen molar-refractivity contribution in [2.24, 2.45) is 0 Å². The molecule has 0 bridgehead atoms. The maximum Gasteiger partial charge on any atom is 0.405 e. The van der Waals surface area contributed by atoms with Gasteiger partial charge in [-0.25, -0.2) is 4.98 Å². The van der Waals surface area contributed by atoms with Crippen molar-refractivity contribution in [2.45, 2.75) is 44.9 Å². The van der Waals surface area contributed by atoms with E-state index in [1.54, 1.807) is 12.3 Å². The number of halogens is 4. The van der Waals surface area contributed by atoms with E-state index in [2.05, 4.69) is 10.3 Å². The van der Waals surface area contributed by atoms with Gasteiger partial charge in [0, 0.05) is 25.3 Å². The third-order valence-electron chi connectivity index (χ3n) is 3.21. The molecule has 1 fully saturated rings. The molecule has 1 aromatic rings. The van der Waals surface area contributed by atoms with Crippen LogP contribution in [0.15, 0.2) is 12.3 Å². The second kappa shape index (κ2) is 6.83. The lowest BCUT2D eigenvalue weighted by Crippen LogP contribution is -2.35. The summed E-state index contributed by atoms with van der Waals surface area (Å²) in [4.78, 5) is 5.31. The lowest BCUT2D eigenvalue weighted by atomic mass is 10.2. The number of nitrogens with one attached hydrogen (secondary N) is 1. The first-order chi connectivity index (χ1) is 9.89. The lowest BCUT2D eigenvalue weighted by molar-refractivity contribution is -0.119. The fourth-order valence-electron chi connectivity index (χ4n) is 2.10. The average Bonchev–Trinajstić information content (AvgIpc) is 3.18. The van der Waals surface area contributed by atoms with Crippen LogP contribution in [0, 0.1) is 0 Å². The zero-order valence-corrected chi connectivity index (χ0v) is 12.6. The van der Waals surface area contributed by atoms with E-state index < -0.39 is 12.7 Å². The van der Waals surface area contributed by atoms with E-state index in [0.29, 0.717) is 19.0 Å². The quantitative estimate of drug-likeness (QED) is 0.828. The Labute approximate surface area is 127 Å². The first-order valence-electron chi connectivity index (χ1n) is 7.08. The Morgan fingerprint density at radius 3 is 2.67 bits per heavy atom. The van der Waals surface area contributed by atoms with Gasteiger partial charge < -0.3 is 10.2 Å². The van der Waals surface area contributed by atoms with E-state index in [9.17, 15) is 13.2 Å². The van der Waals surface area contributed by atoms with Gasteiger partial charge in [0.05, 0.1) is 5.02 Å². The minimum Gasteiger partial charge on any atom is -0.346 e. The largest absolute Gasteiger partial charge is 0.405 e. The molecule has 21 heavy (non-hydrogen) atoms. The highest BCUT2D eigenvalue weighted by Gasteiger charge is 2.31. The van der Waals surface area contributed by atoms with E-state index in [4.69, 9.17) is 11.6 Å². The summed E-state index contributed by atoms with van der Waals surface area (Å²) in [6.07, 6.45) is 0.269. The molecule has 1 aromatic heterocycles. The molecular formula is C14H19ClF3N3. The van der Waals surface area contributed by atoms with Crippen LogP contribution >= 0.6 is 11.6 Å². The summed E-state index contributed by atoms with van der Waals surface area (Å²) in [5, 5.41) is 3.59. The van der Waals surface area contributed by atoms with Gasteiger partial charge >= 0.3 is 6.18 Å². The Bertz CT molecular complexity index is 475. The molecule has 0 amide bonds. The molecule has 0 aromatic carbocycles.